The van der Waals surface area contributed by atoms with E-state index >= 15 is 0 Å². The van der Waals surface area contributed by atoms with Crippen LogP contribution < -0.4 is 4.90 Å². The van der Waals surface area contributed by atoms with E-state index < -0.39 is 0 Å². The Bertz CT molecular complexity index is 138. The average molecular weight is 128 g/mol. The van der Waals surface area contributed by atoms with Crippen molar-refractivity contribution in [2.45, 2.75) is 13.3 Å². The molecule has 1 aliphatic rings. The minimum absolute atomic E-state index is 1.20. The molecule has 2 heteroatoms. The normalized spacial score (nSPS) is 27.7. The maximum atomic E-state index is 2.36. The predicted molar refractivity (Wildman–Crippen MR) is 38.1 cm³/mol. The van der Waals surface area contributed by atoms with Gasteiger partial charge in [-0.25, -0.2) is 4.90 Å². The van der Waals surface area contributed by atoms with Crippen molar-refractivity contribution in [2.24, 2.45) is 0 Å². The summed E-state index contributed by atoms with van der Waals surface area (Å²) in [6, 6.07) is 0. The maximum absolute atomic E-state index is 2.36. The lowest BCUT2D eigenvalue weighted by Gasteiger charge is -1.98. The quantitative estimate of drug-likeness (QED) is 0.432. The number of nitrogens with one attached hydrogen (secondary N) is 1. The van der Waals surface area contributed by atoms with Crippen molar-refractivity contribution in [2.75, 3.05) is 27.2 Å². The van der Waals surface area contributed by atoms with Crippen molar-refractivity contribution < 1.29 is 9.48 Å². The summed E-state index contributed by atoms with van der Waals surface area (Å²) in [6.07, 6.45) is 1.20. The summed E-state index contributed by atoms with van der Waals surface area (Å²) in [6.45, 7) is 4.73. The Hall–Kier alpha value is -0.370. The fourth-order valence-corrected chi connectivity index (χ4v) is 1.51. The molecule has 0 aromatic carbocycles. The minimum atomic E-state index is 1.20. The summed E-state index contributed by atoms with van der Waals surface area (Å²) in [7, 11) is 4.41. The molecule has 0 saturated heterocycles. The second kappa shape index (κ2) is 2.48. The van der Waals surface area contributed by atoms with Gasteiger partial charge in [0.25, 0.3) is 0 Å². The molecular weight excluding hydrogens is 112 g/mol. The van der Waals surface area contributed by atoms with E-state index in [1.54, 1.807) is 10.7 Å². The van der Waals surface area contributed by atoms with Crippen LogP contribution in [-0.2, 0) is 0 Å². The third-order valence-corrected chi connectivity index (χ3v) is 2.11. The number of hydrogen-bond acceptors (Lipinski definition) is 0. The van der Waals surface area contributed by atoms with Crippen LogP contribution >= 0.6 is 0 Å². The van der Waals surface area contributed by atoms with Crippen LogP contribution in [0.3, 0.4) is 0 Å². The molecule has 0 radical (unpaired) electrons. The van der Waals surface area contributed by atoms with Gasteiger partial charge in [0, 0.05) is 0 Å². The van der Waals surface area contributed by atoms with Crippen LogP contribution in [0.15, 0.2) is 0 Å². The molecular formula is C7H16N2+2. The van der Waals surface area contributed by atoms with Crippen LogP contribution in [0.4, 0.5) is 0 Å². The molecule has 1 N–H and O–H groups in total. The second-order valence-electron chi connectivity index (χ2n) is 2.75. The van der Waals surface area contributed by atoms with Gasteiger partial charge in [0.1, 0.15) is 13.6 Å². The molecule has 0 aliphatic carbocycles. The third kappa shape index (κ3) is 1.13. The number of likely N-dealkylation sites (N-methyl/N-ethyl adjacent to an activating group) is 2. The summed E-state index contributed by atoms with van der Waals surface area (Å²) in [5, 5.41) is 0. The average Bonchev–Trinajstić information content (AvgIpc) is 2.12. The van der Waals surface area contributed by atoms with Gasteiger partial charge >= 0.3 is 5.84 Å². The SMILES string of the molecule is CCC1=[N+](C)CC[NH+]1C. The van der Waals surface area contributed by atoms with Crippen molar-refractivity contribution in [3.05, 3.63) is 0 Å². The Morgan fingerprint density at radius 2 is 2.33 bits per heavy atom. The van der Waals surface area contributed by atoms with Crippen LogP contribution in [0.25, 0.3) is 0 Å². The molecule has 0 aromatic rings. The van der Waals surface area contributed by atoms with E-state index in [-0.39, 0.29) is 0 Å². The highest BCUT2D eigenvalue weighted by molar-refractivity contribution is 5.68. The van der Waals surface area contributed by atoms with E-state index in [0.29, 0.717) is 0 Å². The number of hydrogen-bond donors (Lipinski definition) is 1. The highest BCUT2D eigenvalue weighted by Gasteiger charge is 2.26. The molecule has 2 nitrogen and oxygen atoms in total. The van der Waals surface area contributed by atoms with Crippen LogP contribution in [0.2, 0.25) is 0 Å². The van der Waals surface area contributed by atoms with E-state index in [9.17, 15) is 0 Å². The van der Waals surface area contributed by atoms with Crippen molar-refractivity contribution >= 4 is 5.84 Å². The third-order valence-electron chi connectivity index (χ3n) is 2.11. The Morgan fingerprint density at radius 3 is 2.56 bits per heavy atom. The van der Waals surface area contributed by atoms with E-state index in [4.69, 9.17) is 0 Å². The molecule has 1 unspecified atom stereocenters. The Morgan fingerprint density at radius 1 is 1.67 bits per heavy atom. The highest BCUT2D eigenvalue weighted by Crippen LogP contribution is 1.81. The second-order valence-corrected chi connectivity index (χ2v) is 2.75. The van der Waals surface area contributed by atoms with Gasteiger partial charge < -0.3 is 0 Å². The van der Waals surface area contributed by atoms with Gasteiger partial charge in [-0.15, -0.1) is 0 Å². The Balaban J connectivity index is 2.69. The summed E-state index contributed by atoms with van der Waals surface area (Å²) in [4.78, 5) is 1.58. The monoisotopic (exact) mass is 128 g/mol. The van der Waals surface area contributed by atoms with E-state index in [1.165, 1.54) is 19.5 Å². The molecule has 0 bridgehead atoms. The number of nitrogens with zero attached hydrogens (tertiary/aromatic N) is 1. The number of quaternary nitrogens is 1. The number of rotatable bonds is 1. The van der Waals surface area contributed by atoms with Gasteiger partial charge in [0.15, 0.2) is 6.54 Å². The standard InChI is InChI=1S/C7H15N2/c1-4-7-8(2)5-6-9(7)3/h4-6H2,1-3H3/q+1/p+1. The lowest BCUT2D eigenvalue weighted by atomic mass is 10.4. The molecule has 0 saturated carbocycles. The molecule has 0 amide bonds. The topological polar surface area (TPSA) is 7.45 Å². The Kier molecular flexibility index (Phi) is 1.86. The first-order chi connectivity index (χ1) is 4.25. The molecule has 0 spiro atoms. The van der Waals surface area contributed by atoms with Crippen molar-refractivity contribution in [3.63, 3.8) is 0 Å². The fourth-order valence-electron chi connectivity index (χ4n) is 1.51. The molecule has 0 fully saturated rings. The molecule has 52 valence electrons. The zero-order chi connectivity index (χ0) is 6.85. The smallest absolute Gasteiger partial charge is 0.248 e. The van der Waals surface area contributed by atoms with E-state index in [0.717, 1.165) is 0 Å². The summed E-state index contributed by atoms with van der Waals surface area (Å²) in [5.74, 6) is 1.55. The van der Waals surface area contributed by atoms with Gasteiger partial charge in [0.2, 0.25) is 0 Å². The fraction of sp³-hybridized carbons (Fsp3) is 0.857. The number of amidine groups is 1. The zero-order valence-corrected chi connectivity index (χ0v) is 6.57. The first-order valence-electron chi connectivity index (χ1n) is 3.65. The van der Waals surface area contributed by atoms with Crippen LogP contribution in [0.5, 0.6) is 0 Å². The molecule has 1 atom stereocenters. The molecule has 1 aliphatic heterocycles. The maximum Gasteiger partial charge on any atom is 0.336 e. The first kappa shape index (κ1) is 6.75. The van der Waals surface area contributed by atoms with Gasteiger partial charge in [0.05, 0.1) is 13.5 Å². The molecule has 9 heavy (non-hydrogen) atoms. The van der Waals surface area contributed by atoms with E-state index in [1.807, 2.05) is 0 Å². The summed E-state index contributed by atoms with van der Waals surface area (Å²) in [5.41, 5.74) is 0. The van der Waals surface area contributed by atoms with Crippen LogP contribution in [0.1, 0.15) is 13.3 Å². The largest absolute Gasteiger partial charge is 0.336 e. The lowest BCUT2D eigenvalue weighted by molar-refractivity contribution is -0.779. The summed E-state index contributed by atoms with van der Waals surface area (Å²) >= 11 is 0. The highest BCUT2D eigenvalue weighted by atomic mass is 15.3. The zero-order valence-electron chi connectivity index (χ0n) is 6.57. The summed E-state index contributed by atoms with van der Waals surface area (Å²) < 4.78 is 2.36. The van der Waals surface area contributed by atoms with Crippen molar-refractivity contribution in [1.82, 2.24) is 0 Å². The van der Waals surface area contributed by atoms with Gasteiger partial charge in [-0.2, -0.15) is 4.58 Å². The van der Waals surface area contributed by atoms with Gasteiger partial charge in [-0.3, -0.25) is 0 Å². The van der Waals surface area contributed by atoms with Crippen LogP contribution in [-0.4, -0.2) is 37.6 Å². The molecule has 1 heterocycles. The molecule has 1 rings (SSSR count). The first-order valence-corrected chi connectivity index (χ1v) is 3.65. The van der Waals surface area contributed by atoms with Gasteiger partial charge in [-0.1, -0.05) is 0 Å². The van der Waals surface area contributed by atoms with Crippen molar-refractivity contribution in [3.8, 4) is 0 Å². The lowest BCUT2D eigenvalue weighted by Crippen LogP contribution is -3.10. The van der Waals surface area contributed by atoms with E-state index in [2.05, 4.69) is 25.6 Å². The Labute approximate surface area is 56.8 Å². The molecule has 0 aromatic heterocycles. The predicted octanol–water partition coefficient (Wildman–Crippen LogP) is -1.03. The van der Waals surface area contributed by atoms with Crippen LogP contribution in [0, 0.1) is 0 Å². The van der Waals surface area contributed by atoms with Crippen molar-refractivity contribution in [1.29, 1.82) is 0 Å². The minimum Gasteiger partial charge on any atom is -0.248 e. The van der Waals surface area contributed by atoms with Gasteiger partial charge in [-0.05, 0) is 6.92 Å².